The highest BCUT2D eigenvalue weighted by molar-refractivity contribution is 6.21. The second-order valence-electron chi connectivity index (χ2n) is 7.03. The van der Waals surface area contributed by atoms with E-state index in [0.717, 1.165) is 28.4 Å². The second-order valence-corrected chi connectivity index (χ2v) is 7.51. The maximum atomic E-state index is 13.7. The molecule has 0 fully saturated rings. The zero-order valence-corrected chi connectivity index (χ0v) is 17.7. The van der Waals surface area contributed by atoms with Gasteiger partial charge in [0.15, 0.2) is 11.3 Å². The summed E-state index contributed by atoms with van der Waals surface area (Å²) in [5, 5.41) is 11.5. The lowest BCUT2D eigenvalue weighted by molar-refractivity contribution is 0.0868. The monoisotopic (exact) mass is 448 g/mol. The molecule has 0 bridgehead atoms. The lowest BCUT2D eigenvalue weighted by atomic mass is 10.2. The fourth-order valence-electron chi connectivity index (χ4n) is 3.26. The van der Waals surface area contributed by atoms with Crippen molar-refractivity contribution in [3.05, 3.63) is 59.1 Å². The molecule has 1 amide bonds. The molecule has 0 spiro atoms. The molecule has 4 heterocycles. The number of carbonyl (C=O) groups is 1. The molecule has 9 nitrogen and oxygen atoms in total. The number of nitrogens with one attached hydrogen (secondary N) is 1. The Hall–Kier alpha value is -3.34. The van der Waals surface area contributed by atoms with Gasteiger partial charge in [0.1, 0.15) is 5.69 Å². The number of nitrogens with zero attached hydrogens (tertiary/aromatic N) is 7. The Morgan fingerprint density at radius 2 is 2.00 bits per heavy atom. The molecule has 0 aromatic carbocycles. The number of anilines is 1. The number of hydrogen-bond acceptors (Lipinski definition) is 5. The molecule has 4 aromatic rings. The highest BCUT2D eigenvalue weighted by Gasteiger charge is 2.32. The van der Waals surface area contributed by atoms with Gasteiger partial charge in [-0.15, -0.1) is 0 Å². The van der Waals surface area contributed by atoms with Crippen LogP contribution in [0, 0.1) is 13.8 Å². The SMILES string of the molecule is CCn1ncc(Cn2cc(NC(=O)c3cc4nc(C)cc(C(F)(F)Cl)n4n3)cn2)c1C. The van der Waals surface area contributed by atoms with Crippen molar-refractivity contribution in [2.75, 3.05) is 5.32 Å². The van der Waals surface area contributed by atoms with E-state index in [0.29, 0.717) is 17.9 Å². The Balaban J connectivity index is 1.54. The molecule has 4 rings (SSSR count). The van der Waals surface area contributed by atoms with Gasteiger partial charge in [-0.25, -0.2) is 9.50 Å². The zero-order valence-electron chi connectivity index (χ0n) is 17.0. The van der Waals surface area contributed by atoms with E-state index in [4.69, 9.17) is 11.6 Å². The van der Waals surface area contributed by atoms with Crippen LogP contribution in [0.2, 0.25) is 0 Å². The quantitative estimate of drug-likeness (QED) is 0.456. The molecule has 0 saturated heterocycles. The van der Waals surface area contributed by atoms with Gasteiger partial charge in [0, 0.05) is 35.8 Å². The van der Waals surface area contributed by atoms with Crippen molar-refractivity contribution in [1.29, 1.82) is 0 Å². The molecule has 0 aliphatic carbocycles. The summed E-state index contributed by atoms with van der Waals surface area (Å²) >= 11 is 5.18. The second kappa shape index (κ2) is 7.73. The summed E-state index contributed by atoms with van der Waals surface area (Å²) in [7, 11) is 0. The number of carbonyl (C=O) groups excluding carboxylic acids is 1. The van der Waals surface area contributed by atoms with Crippen LogP contribution in [0.15, 0.2) is 30.7 Å². The first-order valence-electron chi connectivity index (χ1n) is 9.45. The van der Waals surface area contributed by atoms with Crippen molar-refractivity contribution in [1.82, 2.24) is 34.2 Å². The average molecular weight is 449 g/mol. The minimum Gasteiger partial charge on any atom is -0.318 e. The molecule has 162 valence electrons. The van der Waals surface area contributed by atoms with Crippen LogP contribution in [-0.2, 0) is 18.5 Å². The maximum Gasteiger partial charge on any atom is 0.364 e. The first-order chi connectivity index (χ1) is 14.7. The van der Waals surface area contributed by atoms with Crippen LogP contribution < -0.4 is 5.32 Å². The van der Waals surface area contributed by atoms with E-state index >= 15 is 0 Å². The van der Waals surface area contributed by atoms with Gasteiger partial charge >= 0.3 is 5.38 Å². The first-order valence-corrected chi connectivity index (χ1v) is 9.83. The fraction of sp³-hybridized carbons (Fsp3) is 0.316. The highest BCUT2D eigenvalue weighted by atomic mass is 35.5. The van der Waals surface area contributed by atoms with Crippen LogP contribution in [0.25, 0.3) is 5.65 Å². The number of hydrogen-bond donors (Lipinski definition) is 1. The van der Waals surface area contributed by atoms with Crippen LogP contribution in [0.1, 0.15) is 40.1 Å². The van der Waals surface area contributed by atoms with Gasteiger partial charge in [-0.05, 0) is 38.4 Å². The van der Waals surface area contributed by atoms with Crippen molar-refractivity contribution in [2.24, 2.45) is 0 Å². The molecule has 0 aliphatic rings. The lowest BCUT2D eigenvalue weighted by Crippen LogP contribution is -2.15. The summed E-state index contributed by atoms with van der Waals surface area (Å²) in [5.74, 6) is -0.582. The van der Waals surface area contributed by atoms with Crippen molar-refractivity contribution in [3.8, 4) is 0 Å². The normalized spacial score (nSPS) is 11.9. The lowest BCUT2D eigenvalue weighted by Gasteiger charge is -2.10. The minimum atomic E-state index is -3.66. The molecule has 4 aromatic heterocycles. The Kier molecular flexibility index (Phi) is 5.21. The van der Waals surface area contributed by atoms with E-state index in [1.54, 1.807) is 24.0 Å². The number of fused-ring (bicyclic) bond motifs is 1. The molecule has 12 heteroatoms. The summed E-state index contributed by atoms with van der Waals surface area (Å²) in [6, 6.07) is 2.45. The molecular formula is C19H19ClF2N8O. The molecule has 0 unspecified atom stereocenters. The summed E-state index contributed by atoms with van der Waals surface area (Å²) in [5.41, 5.74) is 2.29. The van der Waals surface area contributed by atoms with E-state index in [-0.39, 0.29) is 11.3 Å². The number of halogens is 3. The van der Waals surface area contributed by atoms with E-state index < -0.39 is 17.0 Å². The molecule has 0 radical (unpaired) electrons. The topological polar surface area (TPSA) is 94.9 Å². The van der Waals surface area contributed by atoms with Gasteiger partial charge in [-0.3, -0.25) is 14.2 Å². The van der Waals surface area contributed by atoms with Crippen molar-refractivity contribution in [2.45, 2.75) is 39.2 Å². The summed E-state index contributed by atoms with van der Waals surface area (Å²) < 4.78 is 31.9. The number of alkyl halides is 3. The predicted molar refractivity (Wildman–Crippen MR) is 109 cm³/mol. The standard InChI is InChI=1S/C19H19ClF2N8O/c1-4-29-12(3)13(7-24-29)9-28-10-14(8-23-28)26-18(31)15-6-17-25-11(2)5-16(19(20,21)22)30(17)27-15/h5-8,10H,4,9H2,1-3H3,(H,26,31). The first kappa shape index (κ1) is 20.9. The largest absolute Gasteiger partial charge is 0.364 e. The molecule has 1 N–H and O–H groups in total. The molecular weight excluding hydrogens is 430 g/mol. The summed E-state index contributed by atoms with van der Waals surface area (Å²) in [6.45, 7) is 6.82. The Morgan fingerprint density at radius 1 is 1.23 bits per heavy atom. The molecule has 0 aliphatic heterocycles. The summed E-state index contributed by atoms with van der Waals surface area (Å²) in [6.07, 6.45) is 4.94. The molecule has 31 heavy (non-hydrogen) atoms. The van der Waals surface area contributed by atoms with Crippen molar-refractivity contribution in [3.63, 3.8) is 0 Å². The Morgan fingerprint density at radius 3 is 2.68 bits per heavy atom. The van der Waals surface area contributed by atoms with Gasteiger partial charge in [-0.1, -0.05) is 0 Å². The third-order valence-corrected chi connectivity index (χ3v) is 5.00. The average Bonchev–Trinajstić information content (AvgIpc) is 3.40. The molecule has 0 saturated carbocycles. The number of rotatable bonds is 6. The number of aromatic nitrogens is 7. The summed E-state index contributed by atoms with van der Waals surface area (Å²) in [4.78, 5) is 16.7. The number of amides is 1. The third-order valence-electron chi connectivity index (χ3n) is 4.81. The van der Waals surface area contributed by atoms with E-state index in [9.17, 15) is 13.6 Å². The van der Waals surface area contributed by atoms with Gasteiger partial charge < -0.3 is 5.32 Å². The van der Waals surface area contributed by atoms with Crippen LogP contribution in [-0.4, -0.2) is 40.1 Å². The van der Waals surface area contributed by atoms with E-state index in [1.165, 1.54) is 12.3 Å². The third kappa shape index (κ3) is 4.13. The minimum absolute atomic E-state index is 0.0758. The van der Waals surface area contributed by atoms with Crippen molar-refractivity contribution >= 4 is 28.8 Å². The molecule has 0 atom stereocenters. The smallest absolute Gasteiger partial charge is 0.318 e. The highest BCUT2D eigenvalue weighted by Crippen LogP contribution is 2.32. The van der Waals surface area contributed by atoms with Crippen LogP contribution >= 0.6 is 11.6 Å². The Labute approximate surface area is 180 Å². The predicted octanol–water partition coefficient (Wildman–Crippen LogP) is 3.35. The number of aryl methyl sites for hydroxylation is 2. The maximum absolute atomic E-state index is 13.7. The Bertz CT molecular complexity index is 1270. The fourth-order valence-corrected chi connectivity index (χ4v) is 3.39. The van der Waals surface area contributed by atoms with Gasteiger partial charge in [0.2, 0.25) is 0 Å². The van der Waals surface area contributed by atoms with Crippen LogP contribution in [0.4, 0.5) is 14.5 Å². The van der Waals surface area contributed by atoms with Crippen LogP contribution in [0.5, 0.6) is 0 Å². The van der Waals surface area contributed by atoms with Gasteiger partial charge in [-0.2, -0.15) is 24.1 Å². The van der Waals surface area contributed by atoms with Crippen LogP contribution in [0.3, 0.4) is 0 Å². The van der Waals surface area contributed by atoms with Gasteiger partial charge in [0.25, 0.3) is 5.91 Å². The van der Waals surface area contributed by atoms with Crippen molar-refractivity contribution < 1.29 is 13.6 Å². The zero-order chi connectivity index (χ0) is 22.3. The van der Waals surface area contributed by atoms with Gasteiger partial charge in [0.05, 0.1) is 24.6 Å². The van der Waals surface area contributed by atoms with E-state index in [2.05, 4.69) is 25.6 Å². The van der Waals surface area contributed by atoms with E-state index in [1.807, 2.05) is 18.5 Å².